The number of cyclic esters (lactones) is 1. The molecule has 7 atom stereocenters. The van der Waals surface area contributed by atoms with Crippen LogP contribution in [0.3, 0.4) is 0 Å². The van der Waals surface area contributed by atoms with E-state index in [1.165, 1.54) is 0 Å². The number of hydrogen-bond acceptors (Lipinski definition) is 7. The SMILES string of the molecule is CCCCN1CC=C[C@]23O[C@@H]4/C=C\CCC(=O)N[C@H](C)[C@@H](c5ccccc5)OC(=O)[C@@H]4[C@H]2C(=O)N(CCCCCCO)[C@@H]3C1=O. The molecule has 1 aromatic rings. The molecule has 0 bridgehead atoms. The lowest BCUT2D eigenvalue weighted by Gasteiger charge is -2.35. The fourth-order valence-corrected chi connectivity index (χ4v) is 7.29. The van der Waals surface area contributed by atoms with Crippen molar-refractivity contribution >= 4 is 23.7 Å². The first-order valence-electron chi connectivity index (χ1n) is 16.6. The highest BCUT2D eigenvalue weighted by atomic mass is 16.6. The lowest BCUT2D eigenvalue weighted by molar-refractivity contribution is -0.161. The molecule has 2 fully saturated rings. The van der Waals surface area contributed by atoms with Crippen LogP contribution in [0.15, 0.2) is 54.6 Å². The second kappa shape index (κ2) is 14.7. The number of ether oxygens (including phenoxy) is 2. The van der Waals surface area contributed by atoms with E-state index >= 15 is 0 Å². The van der Waals surface area contributed by atoms with Crippen LogP contribution in [0.1, 0.15) is 76.9 Å². The molecule has 10 nitrogen and oxygen atoms in total. The van der Waals surface area contributed by atoms with Crippen molar-refractivity contribution in [1.29, 1.82) is 0 Å². The van der Waals surface area contributed by atoms with E-state index in [0.29, 0.717) is 38.9 Å². The summed E-state index contributed by atoms with van der Waals surface area (Å²) in [6.07, 6.45) is 11.2. The van der Waals surface area contributed by atoms with Gasteiger partial charge in [0.25, 0.3) is 0 Å². The molecule has 0 unspecified atom stereocenters. The highest BCUT2D eigenvalue weighted by Crippen LogP contribution is 2.53. The van der Waals surface area contributed by atoms with Crippen molar-refractivity contribution in [3.63, 3.8) is 0 Å². The van der Waals surface area contributed by atoms with Gasteiger partial charge in [-0.2, -0.15) is 0 Å². The molecule has 1 spiro atoms. The average Bonchev–Trinajstić information content (AvgIpc) is 3.41. The lowest BCUT2D eigenvalue weighted by atomic mass is 9.77. The number of aliphatic hydroxyl groups is 1. The number of rotatable bonds is 10. The van der Waals surface area contributed by atoms with Crippen molar-refractivity contribution in [2.45, 2.75) is 95.1 Å². The van der Waals surface area contributed by atoms with Gasteiger partial charge in [-0.3, -0.25) is 19.2 Å². The van der Waals surface area contributed by atoms with Crippen LogP contribution >= 0.6 is 0 Å². The third-order valence-corrected chi connectivity index (χ3v) is 9.52. The number of benzene rings is 1. The molecule has 4 heterocycles. The molecule has 2 saturated heterocycles. The van der Waals surface area contributed by atoms with Crippen molar-refractivity contribution in [2.24, 2.45) is 11.8 Å². The Morgan fingerprint density at radius 1 is 0.978 bits per heavy atom. The Morgan fingerprint density at radius 3 is 2.51 bits per heavy atom. The molecule has 10 heteroatoms. The molecule has 45 heavy (non-hydrogen) atoms. The highest BCUT2D eigenvalue weighted by molar-refractivity contribution is 5.99. The van der Waals surface area contributed by atoms with E-state index in [4.69, 9.17) is 9.47 Å². The van der Waals surface area contributed by atoms with E-state index in [1.807, 2.05) is 48.6 Å². The van der Waals surface area contributed by atoms with Crippen LogP contribution in [-0.4, -0.2) is 88.6 Å². The number of allylic oxidation sites excluding steroid dienone is 1. The van der Waals surface area contributed by atoms with Gasteiger partial charge < -0.3 is 29.7 Å². The highest BCUT2D eigenvalue weighted by Gasteiger charge is 2.71. The number of carbonyl (C=O) groups excluding carboxylic acids is 4. The van der Waals surface area contributed by atoms with Gasteiger partial charge in [-0.1, -0.05) is 80.8 Å². The molecule has 3 amide bonds. The maximum Gasteiger partial charge on any atom is 0.313 e. The van der Waals surface area contributed by atoms with E-state index in [2.05, 4.69) is 12.2 Å². The first kappa shape index (κ1) is 32.9. The topological polar surface area (TPSA) is 125 Å². The Kier molecular flexibility index (Phi) is 10.8. The third-order valence-electron chi connectivity index (χ3n) is 9.52. The van der Waals surface area contributed by atoms with E-state index < -0.39 is 47.7 Å². The molecule has 0 radical (unpaired) electrons. The molecule has 1 aromatic carbocycles. The van der Waals surface area contributed by atoms with Crippen LogP contribution in [0, 0.1) is 11.8 Å². The number of amides is 3. The summed E-state index contributed by atoms with van der Waals surface area (Å²) in [6, 6.07) is 7.85. The number of likely N-dealkylation sites (tertiary alicyclic amines) is 1. The summed E-state index contributed by atoms with van der Waals surface area (Å²) in [5.74, 6) is -3.12. The van der Waals surface area contributed by atoms with E-state index in [0.717, 1.165) is 31.2 Å². The zero-order chi connectivity index (χ0) is 32.0. The number of aliphatic hydroxyl groups excluding tert-OH is 1. The van der Waals surface area contributed by atoms with Gasteiger partial charge in [0.15, 0.2) is 0 Å². The van der Waals surface area contributed by atoms with E-state index in [-0.39, 0.29) is 30.7 Å². The quantitative estimate of drug-likeness (QED) is 0.233. The number of hydrogen-bond donors (Lipinski definition) is 2. The Morgan fingerprint density at radius 2 is 1.76 bits per heavy atom. The van der Waals surface area contributed by atoms with Crippen LogP contribution in [0.5, 0.6) is 0 Å². The van der Waals surface area contributed by atoms with Gasteiger partial charge in [-0.25, -0.2) is 0 Å². The fraction of sp³-hybridized carbons (Fsp3) is 0.600. The molecule has 0 aromatic heterocycles. The number of fused-ring (bicyclic) bond motifs is 2. The molecule has 244 valence electrons. The van der Waals surface area contributed by atoms with Gasteiger partial charge in [0.1, 0.15) is 23.7 Å². The molecule has 2 N–H and O–H groups in total. The maximum atomic E-state index is 14.5. The predicted molar refractivity (Wildman–Crippen MR) is 168 cm³/mol. The molecule has 4 aliphatic rings. The Balaban J connectivity index is 1.54. The summed E-state index contributed by atoms with van der Waals surface area (Å²) in [6.45, 7) is 5.33. The van der Waals surface area contributed by atoms with Crippen molar-refractivity contribution in [2.75, 3.05) is 26.2 Å². The van der Waals surface area contributed by atoms with Crippen LogP contribution in [0.2, 0.25) is 0 Å². The van der Waals surface area contributed by atoms with Crippen LogP contribution < -0.4 is 5.32 Å². The van der Waals surface area contributed by atoms with Crippen LogP contribution in [0.25, 0.3) is 0 Å². The van der Waals surface area contributed by atoms with Crippen LogP contribution in [0.4, 0.5) is 0 Å². The molecule has 0 saturated carbocycles. The first-order chi connectivity index (χ1) is 21.8. The summed E-state index contributed by atoms with van der Waals surface area (Å²) in [5, 5.41) is 12.2. The number of carbonyl (C=O) groups is 4. The molecular formula is C35H47N3O7. The Labute approximate surface area is 265 Å². The number of unbranched alkanes of at least 4 members (excludes halogenated alkanes) is 4. The molecule has 5 rings (SSSR count). The summed E-state index contributed by atoms with van der Waals surface area (Å²) < 4.78 is 13.0. The number of nitrogens with one attached hydrogen (secondary N) is 1. The molecule has 0 aliphatic carbocycles. The van der Waals surface area contributed by atoms with E-state index in [1.54, 1.807) is 22.8 Å². The number of nitrogens with zero attached hydrogens (tertiary/aromatic N) is 2. The Hall–Kier alpha value is -3.50. The first-order valence-corrected chi connectivity index (χ1v) is 16.6. The van der Waals surface area contributed by atoms with Crippen molar-refractivity contribution in [1.82, 2.24) is 15.1 Å². The summed E-state index contributed by atoms with van der Waals surface area (Å²) in [7, 11) is 0. The van der Waals surface area contributed by atoms with Crippen molar-refractivity contribution in [3.8, 4) is 0 Å². The second-order valence-corrected chi connectivity index (χ2v) is 12.6. The minimum atomic E-state index is -1.33. The predicted octanol–water partition coefficient (Wildman–Crippen LogP) is 3.46. The maximum absolute atomic E-state index is 14.5. The third kappa shape index (κ3) is 6.72. The van der Waals surface area contributed by atoms with Gasteiger partial charge in [0, 0.05) is 32.7 Å². The normalized spacial score (nSPS) is 32.5. The van der Waals surface area contributed by atoms with Gasteiger partial charge in [-0.05, 0) is 38.2 Å². The standard InChI is InChI=1S/C35H47N3O7/c1-3-4-20-37-21-14-19-35-29(32(41)38(31(35)33(37)42)22-12-5-6-13-23-39)28-26(45-35)17-10-11-18-27(40)36-24(2)30(44-34(28)43)25-15-8-7-9-16-25/h7-10,14-17,19,24,26,28-31,39H,3-6,11-13,18,20-23H2,1-2H3,(H,36,40)/b17-10-/t24-,26-,28+,29+,30+,31-,35+/m1/s1. The van der Waals surface area contributed by atoms with E-state index in [9.17, 15) is 24.3 Å². The van der Waals surface area contributed by atoms with Gasteiger partial charge in [0.2, 0.25) is 17.7 Å². The second-order valence-electron chi connectivity index (χ2n) is 12.6. The fourth-order valence-electron chi connectivity index (χ4n) is 7.29. The van der Waals surface area contributed by atoms with Gasteiger partial charge >= 0.3 is 5.97 Å². The van der Waals surface area contributed by atoms with Crippen molar-refractivity contribution in [3.05, 3.63) is 60.2 Å². The van der Waals surface area contributed by atoms with Crippen LogP contribution in [-0.2, 0) is 28.7 Å². The Bertz CT molecular complexity index is 1280. The monoisotopic (exact) mass is 621 g/mol. The minimum Gasteiger partial charge on any atom is -0.455 e. The number of esters is 1. The van der Waals surface area contributed by atoms with Gasteiger partial charge in [-0.15, -0.1) is 0 Å². The summed E-state index contributed by atoms with van der Waals surface area (Å²) in [5.41, 5.74) is -0.603. The van der Waals surface area contributed by atoms with Gasteiger partial charge in [0.05, 0.1) is 18.1 Å². The molecule has 4 aliphatic heterocycles. The smallest absolute Gasteiger partial charge is 0.313 e. The largest absolute Gasteiger partial charge is 0.455 e. The van der Waals surface area contributed by atoms with Crippen molar-refractivity contribution < 1.29 is 33.8 Å². The lowest BCUT2D eigenvalue weighted by Crippen LogP contribution is -2.55. The summed E-state index contributed by atoms with van der Waals surface area (Å²) in [4.78, 5) is 59.3. The molecular weight excluding hydrogens is 574 g/mol. The zero-order valence-electron chi connectivity index (χ0n) is 26.4. The average molecular weight is 622 g/mol. The zero-order valence-corrected chi connectivity index (χ0v) is 26.4. The summed E-state index contributed by atoms with van der Waals surface area (Å²) >= 11 is 0. The minimum absolute atomic E-state index is 0.116.